The monoisotopic (exact) mass is 443 g/mol. The lowest BCUT2D eigenvalue weighted by atomic mass is 10.2. The van der Waals surface area contributed by atoms with Gasteiger partial charge in [-0.25, -0.2) is 9.97 Å². The number of hydrogen-bond donors (Lipinski definition) is 2. The Morgan fingerprint density at radius 2 is 1.73 bits per heavy atom. The summed E-state index contributed by atoms with van der Waals surface area (Å²) < 4.78 is 11.9. The Balaban J connectivity index is 1.35. The van der Waals surface area contributed by atoms with Crippen LogP contribution in [0, 0.1) is 12.8 Å². The first-order valence-corrected chi connectivity index (χ1v) is 11.1. The van der Waals surface area contributed by atoms with Crippen LogP contribution in [0.5, 0.6) is 5.75 Å². The number of benzene rings is 2. The zero-order valence-electron chi connectivity index (χ0n) is 19.2. The normalized spacial score (nSPS) is 10.9. The maximum absolute atomic E-state index is 6.03. The Bertz CT molecular complexity index is 1160. The van der Waals surface area contributed by atoms with E-state index in [9.17, 15) is 0 Å². The number of oxazole rings is 1. The fourth-order valence-corrected chi connectivity index (χ4v) is 3.16. The molecule has 4 aromatic rings. The summed E-state index contributed by atoms with van der Waals surface area (Å²) in [6, 6.07) is 19.7. The van der Waals surface area contributed by atoms with E-state index in [-0.39, 0.29) is 0 Å². The van der Waals surface area contributed by atoms with E-state index in [0.29, 0.717) is 30.9 Å². The van der Waals surface area contributed by atoms with Gasteiger partial charge in [-0.3, -0.25) is 0 Å². The van der Waals surface area contributed by atoms with Crippen LogP contribution >= 0.6 is 0 Å². The van der Waals surface area contributed by atoms with Crippen LogP contribution in [0.4, 0.5) is 11.8 Å². The van der Waals surface area contributed by atoms with Gasteiger partial charge in [0.05, 0.1) is 12.2 Å². The quantitative estimate of drug-likeness (QED) is 0.325. The number of anilines is 2. The van der Waals surface area contributed by atoms with Gasteiger partial charge >= 0.3 is 0 Å². The van der Waals surface area contributed by atoms with Crippen LogP contribution in [0.3, 0.4) is 0 Å². The highest BCUT2D eigenvalue weighted by molar-refractivity contribution is 5.55. The largest absolute Gasteiger partial charge is 0.489 e. The highest BCUT2D eigenvalue weighted by atomic mass is 16.5. The molecule has 0 fully saturated rings. The summed E-state index contributed by atoms with van der Waals surface area (Å²) in [5.74, 6) is 4.01. The fraction of sp³-hybridized carbons (Fsp3) is 0.269. The lowest BCUT2D eigenvalue weighted by Gasteiger charge is -2.09. The number of ether oxygens (including phenoxy) is 1. The molecule has 0 spiro atoms. The van der Waals surface area contributed by atoms with E-state index in [1.165, 1.54) is 0 Å². The summed E-state index contributed by atoms with van der Waals surface area (Å²) in [4.78, 5) is 13.3. The number of nitrogens with zero attached hydrogens (tertiary/aromatic N) is 3. The lowest BCUT2D eigenvalue weighted by Crippen LogP contribution is -2.11. The van der Waals surface area contributed by atoms with Gasteiger partial charge < -0.3 is 19.8 Å². The van der Waals surface area contributed by atoms with Crippen molar-refractivity contribution in [3.63, 3.8) is 0 Å². The smallest absolute Gasteiger partial charge is 0.226 e. The van der Waals surface area contributed by atoms with Gasteiger partial charge in [-0.15, -0.1) is 0 Å². The Labute approximate surface area is 194 Å². The molecule has 0 bridgehead atoms. The molecule has 0 aliphatic rings. The molecule has 0 atom stereocenters. The average molecular weight is 444 g/mol. The second-order valence-electron chi connectivity index (χ2n) is 8.22. The maximum Gasteiger partial charge on any atom is 0.226 e. The highest BCUT2D eigenvalue weighted by Gasteiger charge is 2.12. The molecule has 7 heteroatoms. The van der Waals surface area contributed by atoms with E-state index in [1.54, 1.807) is 6.20 Å². The van der Waals surface area contributed by atoms with E-state index in [0.717, 1.165) is 40.7 Å². The minimum Gasteiger partial charge on any atom is -0.489 e. The Hall–Kier alpha value is -3.87. The highest BCUT2D eigenvalue weighted by Crippen LogP contribution is 2.25. The van der Waals surface area contributed by atoms with Crippen molar-refractivity contribution < 1.29 is 9.15 Å². The first-order chi connectivity index (χ1) is 16.1. The number of nitrogens with one attached hydrogen (secondary N) is 2. The lowest BCUT2D eigenvalue weighted by molar-refractivity contribution is 0.306. The number of rotatable bonds is 10. The Morgan fingerprint density at radius 1 is 0.939 bits per heavy atom. The van der Waals surface area contributed by atoms with Gasteiger partial charge in [0.1, 0.15) is 23.9 Å². The molecule has 0 saturated carbocycles. The Kier molecular flexibility index (Phi) is 7.19. The first kappa shape index (κ1) is 22.3. The zero-order valence-corrected chi connectivity index (χ0v) is 19.2. The summed E-state index contributed by atoms with van der Waals surface area (Å²) >= 11 is 0. The number of aromatic nitrogens is 3. The van der Waals surface area contributed by atoms with Crippen LogP contribution in [0.25, 0.3) is 11.5 Å². The summed E-state index contributed by atoms with van der Waals surface area (Å²) in [5, 5.41) is 6.53. The van der Waals surface area contributed by atoms with Crippen molar-refractivity contribution in [2.75, 3.05) is 17.2 Å². The third kappa shape index (κ3) is 6.32. The molecule has 0 aliphatic carbocycles. The standard InChI is InChI=1S/C26H29N5O2/c1-18(2)15-29-26-27-14-13-24(31-26)28-16-23-19(3)30-25(33-23)21-9-11-22(12-10-21)32-17-20-7-5-4-6-8-20/h4-14,18H,15-17H2,1-3H3,(H2,27,28,29,31). The molecule has 170 valence electrons. The summed E-state index contributed by atoms with van der Waals surface area (Å²) in [7, 11) is 0. The third-order valence-corrected chi connectivity index (χ3v) is 5.00. The molecule has 2 N–H and O–H groups in total. The van der Waals surface area contributed by atoms with Gasteiger partial charge in [-0.05, 0) is 48.7 Å². The van der Waals surface area contributed by atoms with Gasteiger partial charge in [0.15, 0.2) is 0 Å². The SMILES string of the molecule is Cc1nc(-c2ccc(OCc3ccccc3)cc2)oc1CNc1ccnc(NCC(C)C)n1. The molecule has 0 radical (unpaired) electrons. The van der Waals surface area contributed by atoms with Gasteiger partial charge in [0, 0.05) is 18.3 Å². The molecule has 33 heavy (non-hydrogen) atoms. The van der Waals surface area contributed by atoms with E-state index in [1.807, 2.05) is 67.6 Å². The number of hydrogen-bond acceptors (Lipinski definition) is 7. The first-order valence-electron chi connectivity index (χ1n) is 11.1. The molecular weight excluding hydrogens is 414 g/mol. The van der Waals surface area contributed by atoms with Crippen molar-refractivity contribution >= 4 is 11.8 Å². The number of aryl methyl sites for hydroxylation is 1. The van der Waals surface area contributed by atoms with Crippen LogP contribution < -0.4 is 15.4 Å². The van der Waals surface area contributed by atoms with Crippen molar-refractivity contribution in [3.8, 4) is 17.2 Å². The van der Waals surface area contributed by atoms with Gasteiger partial charge in [0.2, 0.25) is 11.8 Å². The van der Waals surface area contributed by atoms with Gasteiger partial charge in [-0.2, -0.15) is 4.98 Å². The van der Waals surface area contributed by atoms with Crippen LogP contribution in [-0.2, 0) is 13.2 Å². The maximum atomic E-state index is 6.03. The molecule has 0 saturated heterocycles. The van der Waals surface area contributed by atoms with Crippen molar-refractivity contribution in [1.82, 2.24) is 15.0 Å². The van der Waals surface area contributed by atoms with Crippen LogP contribution in [-0.4, -0.2) is 21.5 Å². The van der Waals surface area contributed by atoms with E-state index in [2.05, 4.69) is 39.4 Å². The summed E-state index contributed by atoms with van der Waals surface area (Å²) in [6.45, 7) is 8.07. The summed E-state index contributed by atoms with van der Waals surface area (Å²) in [6.07, 6.45) is 1.73. The molecule has 0 aliphatic heterocycles. The molecule has 2 aromatic heterocycles. The molecule has 0 amide bonds. The van der Waals surface area contributed by atoms with Crippen molar-refractivity contribution in [1.29, 1.82) is 0 Å². The predicted octanol–water partition coefficient (Wildman–Crippen LogP) is 5.70. The fourth-order valence-electron chi connectivity index (χ4n) is 3.16. The molecule has 0 unspecified atom stereocenters. The summed E-state index contributed by atoms with van der Waals surface area (Å²) in [5.41, 5.74) is 2.88. The van der Waals surface area contributed by atoms with E-state index < -0.39 is 0 Å². The molecule has 2 aromatic carbocycles. The topological polar surface area (TPSA) is 85.1 Å². The molecule has 4 rings (SSSR count). The molecule has 7 nitrogen and oxygen atoms in total. The third-order valence-electron chi connectivity index (χ3n) is 5.00. The second-order valence-corrected chi connectivity index (χ2v) is 8.22. The average Bonchev–Trinajstić information content (AvgIpc) is 3.22. The van der Waals surface area contributed by atoms with Crippen LogP contribution in [0.15, 0.2) is 71.3 Å². The van der Waals surface area contributed by atoms with E-state index in [4.69, 9.17) is 9.15 Å². The van der Waals surface area contributed by atoms with Crippen molar-refractivity contribution in [2.24, 2.45) is 5.92 Å². The second kappa shape index (κ2) is 10.6. The van der Waals surface area contributed by atoms with Crippen molar-refractivity contribution in [3.05, 3.63) is 83.9 Å². The Morgan fingerprint density at radius 3 is 2.48 bits per heavy atom. The van der Waals surface area contributed by atoms with Gasteiger partial charge in [-0.1, -0.05) is 44.2 Å². The van der Waals surface area contributed by atoms with Crippen LogP contribution in [0.1, 0.15) is 30.9 Å². The van der Waals surface area contributed by atoms with Crippen LogP contribution in [0.2, 0.25) is 0 Å². The van der Waals surface area contributed by atoms with Crippen molar-refractivity contribution in [2.45, 2.75) is 33.9 Å². The minimum absolute atomic E-state index is 0.484. The minimum atomic E-state index is 0.484. The molecule has 2 heterocycles. The zero-order chi connectivity index (χ0) is 23.0. The van der Waals surface area contributed by atoms with E-state index >= 15 is 0 Å². The van der Waals surface area contributed by atoms with Gasteiger partial charge in [0.25, 0.3) is 0 Å². The molecular formula is C26H29N5O2. The predicted molar refractivity (Wildman–Crippen MR) is 130 cm³/mol.